The van der Waals surface area contributed by atoms with Gasteiger partial charge in [0.15, 0.2) is 4.96 Å². The summed E-state index contributed by atoms with van der Waals surface area (Å²) in [4.78, 5) is 29.3. The maximum absolute atomic E-state index is 12.8. The molecule has 3 aromatic heterocycles. The summed E-state index contributed by atoms with van der Waals surface area (Å²) in [7, 11) is 0. The fourth-order valence-electron chi connectivity index (χ4n) is 3.64. The van der Waals surface area contributed by atoms with E-state index in [4.69, 9.17) is 9.47 Å². The standard InChI is InChI=1S/C21H22N6O3S/c1-2-27(21(28)30-13-16-12-26-6-8-31-20(26)24-16)17-3-4-19-18(9-17)25(5-7-29-19)11-15-10-22-14-23-15/h3-4,6,8-10,12,14H,2,5,7,11,13H2,1H3,(H,22,23). The summed E-state index contributed by atoms with van der Waals surface area (Å²) >= 11 is 1.54. The lowest BCUT2D eigenvalue weighted by atomic mass is 10.2. The number of amides is 1. The van der Waals surface area contributed by atoms with E-state index < -0.39 is 6.09 Å². The molecular formula is C21H22N6O3S. The number of nitrogens with zero attached hydrogens (tertiary/aromatic N) is 5. The lowest BCUT2D eigenvalue weighted by molar-refractivity contribution is 0.146. The molecule has 0 unspecified atom stereocenters. The molecule has 0 aliphatic carbocycles. The lowest BCUT2D eigenvalue weighted by Gasteiger charge is -2.32. The number of carbonyl (C=O) groups is 1. The summed E-state index contributed by atoms with van der Waals surface area (Å²) in [5.41, 5.74) is 3.37. The van der Waals surface area contributed by atoms with E-state index in [0.29, 0.717) is 19.7 Å². The first-order valence-electron chi connectivity index (χ1n) is 10.1. The minimum atomic E-state index is -0.408. The lowest BCUT2D eigenvalue weighted by Crippen LogP contribution is -2.34. The van der Waals surface area contributed by atoms with Gasteiger partial charge in [0.05, 0.1) is 36.5 Å². The minimum Gasteiger partial charge on any atom is -0.490 e. The first-order chi connectivity index (χ1) is 15.2. The number of nitrogens with one attached hydrogen (secondary N) is 1. The highest BCUT2D eigenvalue weighted by atomic mass is 32.1. The van der Waals surface area contributed by atoms with Crippen LogP contribution < -0.4 is 14.5 Å². The number of fused-ring (bicyclic) bond motifs is 2. The summed E-state index contributed by atoms with van der Waals surface area (Å²) in [6.07, 6.45) is 6.95. The number of aromatic nitrogens is 4. The highest BCUT2D eigenvalue weighted by molar-refractivity contribution is 7.15. The molecule has 0 atom stereocenters. The van der Waals surface area contributed by atoms with E-state index in [-0.39, 0.29) is 6.61 Å². The minimum absolute atomic E-state index is 0.128. The second kappa shape index (κ2) is 8.31. The molecule has 0 spiro atoms. The summed E-state index contributed by atoms with van der Waals surface area (Å²) in [5, 5.41) is 1.96. The van der Waals surface area contributed by atoms with Gasteiger partial charge >= 0.3 is 6.09 Å². The van der Waals surface area contributed by atoms with Crippen LogP contribution in [0, 0.1) is 0 Å². The zero-order chi connectivity index (χ0) is 21.2. The molecule has 1 aliphatic heterocycles. The summed E-state index contributed by atoms with van der Waals surface area (Å²) in [6.45, 7) is 4.55. The monoisotopic (exact) mass is 438 g/mol. The van der Waals surface area contributed by atoms with Crippen molar-refractivity contribution in [2.75, 3.05) is 29.5 Å². The van der Waals surface area contributed by atoms with E-state index in [1.165, 1.54) is 0 Å². The molecule has 4 heterocycles. The van der Waals surface area contributed by atoms with E-state index in [0.717, 1.165) is 40.0 Å². The van der Waals surface area contributed by atoms with Gasteiger partial charge in [0.2, 0.25) is 0 Å². The molecule has 4 aromatic rings. The molecule has 1 aliphatic rings. The van der Waals surface area contributed by atoms with Gasteiger partial charge in [-0.05, 0) is 25.1 Å². The summed E-state index contributed by atoms with van der Waals surface area (Å²) < 4.78 is 13.3. The molecular weight excluding hydrogens is 416 g/mol. The van der Waals surface area contributed by atoms with Gasteiger partial charge < -0.3 is 19.4 Å². The number of benzene rings is 1. The van der Waals surface area contributed by atoms with Crippen LogP contribution >= 0.6 is 11.3 Å². The van der Waals surface area contributed by atoms with E-state index in [1.54, 1.807) is 22.6 Å². The van der Waals surface area contributed by atoms with Crippen molar-refractivity contribution in [3.05, 3.63) is 59.9 Å². The van der Waals surface area contributed by atoms with Gasteiger partial charge in [-0.2, -0.15) is 0 Å². The largest absolute Gasteiger partial charge is 0.490 e. The first-order valence-corrected chi connectivity index (χ1v) is 10.9. The fourth-order valence-corrected chi connectivity index (χ4v) is 4.36. The third-order valence-electron chi connectivity index (χ3n) is 5.14. The predicted molar refractivity (Wildman–Crippen MR) is 118 cm³/mol. The number of hydrogen-bond acceptors (Lipinski definition) is 7. The van der Waals surface area contributed by atoms with Crippen LogP contribution in [0.25, 0.3) is 4.96 Å². The molecule has 5 rings (SSSR count). The molecule has 1 N–H and O–H groups in total. The molecule has 10 heteroatoms. The van der Waals surface area contributed by atoms with Crippen molar-refractivity contribution in [2.45, 2.75) is 20.1 Å². The van der Waals surface area contributed by atoms with Crippen LogP contribution in [0.15, 0.2) is 48.5 Å². The van der Waals surface area contributed by atoms with Crippen LogP contribution in [0.5, 0.6) is 5.75 Å². The predicted octanol–water partition coefficient (Wildman–Crippen LogP) is 3.68. The molecule has 0 bridgehead atoms. The van der Waals surface area contributed by atoms with Gasteiger partial charge in [-0.1, -0.05) is 0 Å². The van der Waals surface area contributed by atoms with Crippen molar-refractivity contribution in [1.82, 2.24) is 19.4 Å². The smallest absolute Gasteiger partial charge is 0.414 e. The molecule has 9 nitrogen and oxygen atoms in total. The average Bonchev–Trinajstić information content (AvgIpc) is 3.51. The van der Waals surface area contributed by atoms with Crippen LogP contribution in [0.4, 0.5) is 16.2 Å². The van der Waals surface area contributed by atoms with Gasteiger partial charge in [0.25, 0.3) is 0 Å². The first kappa shape index (κ1) is 19.4. The highest BCUT2D eigenvalue weighted by Crippen LogP contribution is 2.36. The van der Waals surface area contributed by atoms with Crippen LogP contribution in [-0.2, 0) is 17.9 Å². The molecule has 0 fully saturated rings. The topological polar surface area (TPSA) is 88.0 Å². The van der Waals surface area contributed by atoms with Crippen molar-refractivity contribution in [3.63, 3.8) is 0 Å². The Hall–Kier alpha value is -3.53. The Bertz CT molecular complexity index is 1160. The number of ether oxygens (including phenoxy) is 2. The maximum Gasteiger partial charge on any atom is 0.414 e. The zero-order valence-corrected chi connectivity index (χ0v) is 17.8. The van der Waals surface area contributed by atoms with Gasteiger partial charge in [-0.15, -0.1) is 11.3 Å². The molecule has 0 radical (unpaired) electrons. The quantitative estimate of drug-likeness (QED) is 0.494. The van der Waals surface area contributed by atoms with Crippen molar-refractivity contribution in [1.29, 1.82) is 0 Å². The van der Waals surface area contributed by atoms with Crippen LogP contribution in [-0.4, -0.2) is 45.1 Å². The number of imidazole rings is 2. The van der Waals surface area contributed by atoms with Gasteiger partial charge in [0.1, 0.15) is 19.0 Å². The van der Waals surface area contributed by atoms with Gasteiger partial charge in [-0.3, -0.25) is 9.30 Å². The van der Waals surface area contributed by atoms with Crippen molar-refractivity contribution in [3.8, 4) is 5.75 Å². The summed E-state index contributed by atoms with van der Waals surface area (Å²) in [6, 6.07) is 5.76. The maximum atomic E-state index is 12.8. The van der Waals surface area contributed by atoms with Crippen LogP contribution in [0.2, 0.25) is 0 Å². The molecule has 1 amide bonds. The van der Waals surface area contributed by atoms with Crippen molar-refractivity contribution < 1.29 is 14.3 Å². The zero-order valence-electron chi connectivity index (χ0n) is 17.0. The Morgan fingerprint density at radius 2 is 2.32 bits per heavy atom. The summed E-state index contributed by atoms with van der Waals surface area (Å²) in [5.74, 6) is 0.799. The van der Waals surface area contributed by atoms with Crippen molar-refractivity contribution >= 4 is 33.8 Å². The van der Waals surface area contributed by atoms with Gasteiger partial charge in [0, 0.05) is 36.2 Å². The van der Waals surface area contributed by atoms with E-state index >= 15 is 0 Å². The number of H-pyrrole nitrogens is 1. The normalized spacial score (nSPS) is 13.1. The number of rotatable bonds is 6. The Morgan fingerprint density at radius 1 is 1.39 bits per heavy atom. The highest BCUT2D eigenvalue weighted by Gasteiger charge is 2.23. The SMILES string of the molecule is CCN(C(=O)OCc1cn2ccsc2n1)c1ccc2c(c1)N(Cc1c[nH]cn1)CCO2. The molecule has 31 heavy (non-hydrogen) atoms. The molecule has 0 saturated heterocycles. The molecule has 1 aromatic carbocycles. The van der Waals surface area contributed by atoms with E-state index in [1.807, 2.05) is 53.5 Å². The van der Waals surface area contributed by atoms with E-state index in [9.17, 15) is 4.79 Å². The fraction of sp³-hybridized carbons (Fsp3) is 0.286. The number of thiazole rings is 1. The number of hydrogen-bond donors (Lipinski definition) is 1. The second-order valence-electron chi connectivity index (χ2n) is 7.11. The Labute approximate surface area is 182 Å². The van der Waals surface area contributed by atoms with Crippen LogP contribution in [0.3, 0.4) is 0 Å². The Morgan fingerprint density at radius 3 is 3.13 bits per heavy atom. The Balaban J connectivity index is 1.32. The number of carbonyl (C=O) groups excluding carboxylic acids is 1. The third-order valence-corrected chi connectivity index (χ3v) is 5.92. The van der Waals surface area contributed by atoms with E-state index in [2.05, 4.69) is 19.9 Å². The Kier molecular flexibility index (Phi) is 5.21. The molecule has 160 valence electrons. The van der Waals surface area contributed by atoms with Gasteiger partial charge in [-0.25, -0.2) is 14.8 Å². The van der Waals surface area contributed by atoms with Crippen LogP contribution in [0.1, 0.15) is 18.3 Å². The number of aromatic amines is 1. The molecule has 0 saturated carbocycles. The average molecular weight is 439 g/mol. The number of anilines is 2. The third kappa shape index (κ3) is 3.93. The van der Waals surface area contributed by atoms with Crippen molar-refractivity contribution in [2.24, 2.45) is 0 Å². The second-order valence-corrected chi connectivity index (χ2v) is 7.98.